The molecule has 1 spiro atoms. The van der Waals surface area contributed by atoms with Gasteiger partial charge in [0.1, 0.15) is 0 Å². The van der Waals surface area contributed by atoms with Gasteiger partial charge in [0.05, 0.1) is 5.54 Å². The van der Waals surface area contributed by atoms with Gasteiger partial charge in [-0.3, -0.25) is 0 Å². The highest BCUT2D eigenvalue weighted by atomic mass is 16.5. The molecule has 3 atom stereocenters. The fraction of sp³-hybridized carbons (Fsp3) is 0.941. The van der Waals surface area contributed by atoms with Crippen molar-refractivity contribution in [3.63, 3.8) is 0 Å². The molecule has 0 bridgehead atoms. The van der Waals surface area contributed by atoms with Crippen LogP contribution in [0.1, 0.15) is 38.5 Å². The predicted octanol–water partition coefficient (Wildman–Crippen LogP) is 1.68. The zero-order valence-electron chi connectivity index (χ0n) is 13.7. The second-order valence-corrected chi connectivity index (χ2v) is 7.87. The number of ether oxygens (including phenoxy) is 1. The molecule has 0 aromatic carbocycles. The third-order valence-electron chi connectivity index (χ3n) is 6.54. The Kier molecular flexibility index (Phi) is 3.81. The third-order valence-corrected chi connectivity index (χ3v) is 6.54. The van der Waals surface area contributed by atoms with Crippen LogP contribution in [0.4, 0.5) is 4.79 Å². The number of likely N-dealkylation sites (N-methyl/N-ethyl adjacent to an activating group) is 1. The summed E-state index contributed by atoms with van der Waals surface area (Å²) in [7, 11) is 2.03. The van der Waals surface area contributed by atoms with E-state index in [1.807, 2.05) is 7.05 Å². The van der Waals surface area contributed by atoms with Crippen LogP contribution in [0.5, 0.6) is 0 Å². The van der Waals surface area contributed by atoms with Crippen molar-refractivity contribution in [3.05, 3.63) is 0 Å². The smallest absolute Gasteiger partial charge is 0.320 e. The van der Waals surface area contributed by atoms with E-state index in [0.29, 0.717) is 12.0 Å². The van der Waals surface area contributed by atoms with Crippen molar-refractivity contribution >= 4 is 6.03 Å². The van der Waals surface area contributed by atoms with Crippen molar-refractivity contribution in [1.29, 1.82) is 0 Å². The van der Waals surface area contributed by atoms with Crippen LogP contribution < -0.4 is 5.32 Å². The van der Waals surface area contributed by atoms with Gasteiger partial charge in [-0.2, -0.15) is 0 Å². The number of nitrogens with zero attached hydrogens (tertiary/aromatic N) is 2. The van der Waals surface area contributed by atoms with Crippen LogP contribution in [0, 0.1) is 11.8 Å². The number of hydrogen-bond donors (Lipinski definition) is 1. The van der Waals surface area contributed by atoms with Gasteiger partial charge in [-0.25, -0.2) is 4.79 Å². The molecule has 124 valence electrons. The zero-order chi connectivity index (χ0) is 15.2. The molecule has 5 heteroatoms. The number of hydrogen-bond acceptors (Lipinski definition) is 3. The minimum Gasteiger partial charge on any atom is -0.381 e. The molecule has 0 radical (unpaired) electrons. The second-order valence-electron chi connectivity index (χ2n) is 7.87. The van der Waals surface area contributed by atoms with E-state index >= 15 is 0 Å². The summed E-state index contributed by atoms with van der Waals surface area (Å²) in [5.41, 5.74) is 0.0922. The SMILES string of the molecule is CN1C(=O)N(CC2CCOCC2)CC12CC1CCCNC1C2. The van der Waals surface area contributed by atoms with Crippen molar-refractivity contribution in [2.45, 2.75) is 50.1 Å². The maximum atomic E-state index is 12.7. The summed E-state index contributed by atoms with van der Waals surface area (Å²) in [6.07, 6.45) is 7.17. The first-order valence-electron chi connectivity index (χ1n) is 9.02. The highest BCUT2D eigenvalue weighted by Gasteiger charge is 2.55. The summed E-state index contributed by atoms with van der Waals surface area (Å²) >= 11 is 0. The molecule has 0 aromatic heterocycles. The molecule has 4 fully saturated rings. The average molecular weight is 307 g/mol. The summed E-state index contributed by atoms with van der Waals surface area (Å²) in [5.74, 6) is 1.40. The van der Waals surface area contributed by atoms with E-state index in [9.17, 15) is 4.79 Å². The summed E-state index contributed by atoms with van der Waals surface area (Å²) in [6.45, 7) is 4.75. The lowest BCUT2D eigenvalue weighted by molar-refractivity contribution is 0.0576. The quantitative estimate of drug-likeness (QED) is 0.844. The molecule has 3 saturated heterocycles. The lowest BCUT2D eigenvalue weighted by Crippen LogP contribution is -2.44. The zero-order valence-corrected chi connectivity index (χ0v) is 13.7. The largest absolute Gasteiger partial charge is 0.381 e. The number of piperidine rings is 1. The number of amides is 2. The lowest BCUT2D eigenvalue weighted by Gasteiger charge is -2.30. The first-order chi connectivity index (χ1) is 10.7. The van der Waals surface area contributed by atoms with Crippen molar-refractivity contribution in [2.75, 3.05) is 39.9 Å². The molecule has 1 N–H and O–H groups in total. The molecule has 4 rings (SSSR count). The Labute approximate surface area is 133 Å². The first kappa shape index (κ1) is 14.8. The van der Waals surface area contributed by atoms with Crippen LogP contribution in [0.15, 0.2) is 0 Å². The molecule has 22 heavy (non-hydrogen) atoms. The van der Waals surface area contributed by atoms with Crippen LogP contribution in [0.2, 0.25) is 0 Å². The maximum absolute atomic E-state index is 12.7. The van der Waals surface area contributed by atoms with Crippen molar-refractivity contribution in [2.24, 2.45) is 11.8 Å². The lowest BCUT2D eigenvalue weighted by atomic mass is 9.92. The number of urea groups is 1. The summed E-state index contributed by atoms with van der Waals surface area (Å²) in [4.78, 5) is 17.0. The standard InChI is InChI=1S/C17H29N3O2/c1-19-16(21)20(11-13-4-7-22-8-5-13)12-17(19)9-14-3-2-6-18-15(14)10-17/h13-15,18H,2-12H2,1H3. The van der Waals surface area contributed by atoms with E-state index in [2.05, 4.69) is 15.1 Å². The highest BCUT2D eigenvalue weighted by molar-refractivity contribution is 5.78. The summed E-state index contributed by atoms with van der Waals surface area (Å²) in [5, 5.41) is 3.69. The van der Waals surface area contributed by atoms with E-state index in [1.54, 1.807) is 0 Å². The molecular formula is C17H29N3O2. The number of carbonyl (C=O) groups excluding carboxylic acids is 1. The minimum atomic E-state index is 0.0922. The molecule has 2 amide bonds. The Morgan fingerprint density at radius 3 is 2.86 bits per heavy atom. The number of nitrogens with one attached hydrogen (secondary N) is 1. The molecule has 1 aliphatic carbocycles. The van der Waals surface area contributed by atoms with Gasteiger partial charge >= 0.3 is 6.03 Å². The molecule has 3 heterocycles. The topological polar surface area (TPSA) is 44.8 Å². The molecule has 3 unspecified atom stereocenters. The number of rotatable bonds is 2. The van der Waals surface area contributed by atoms with Gasteiger partial charge in [0.25, 0.3) is 0 Å². The first-order valence-corrected chi connectivity index (χ1v) is 9.02. The Balaban J connectivity index is 1.45. The molecule has 4 aliphatic rings. The van der Waals surface area contributed by atoms with Crippen LogP contribution in [0.3, 0.4) is 0 Å². The van der Waals surface area contributed by atoms with E-state index in [1.165, 1.54) is 19.3 Å². The summed E-state index contributed by atoms with van der Waals surface area (Å²) < 4.78 is 5.45. The predicted molar refractivity (Wildman–Crippen MR) is 84.8 cm³/mol. The van der Waals surface area contributed by atoms with Crippen LogP contribution in [-0.2, 0) is 4.74 Å². The highest BCUT2D eigenvalue weighted by Crippen LogP contribution is 2.45. The normalized spacial score (nSPS) is 39.8. The second kappa shape index (κ2) is 5.68. The van der Waals surface area contributed by atoms with Gasteiger partial charge < -0.3 is 19.9 Å². The Hall–Kier alpha value is -0.810. The number of fused-ring (bicyclic) bond motifs is 1. The third kappa shape index (κ3) is 2.42. The van der Waals surface area contributed by atoms with E-state index in [4.69, 9.17) is 4.74 Å². The molecule has 0 aromatic rings. The van der Waals surface area contributed by atoms with Gasteiger partial charge in [0.15, 0.2) is 0 Å². The van der Waals surface area contributed by atoms with Gasteiger partial charge in [-0.05, 0) is 56.9 Å². The fourth-order valence-electron chi connectivity index (χ4n) is 5.21. The van der Waals surface area contributed by atoms with Gasteiger partial charge in [0, 0.05) is 39.4 Å². The average Bonchev–Trinajstić information content (AvgIpc) is 3.02. The number of carbonyl (C=O) groups is 1. The van der Waals surface area contributed by atoms with E-state index in [-0.39, 0.29) is 11.6 Å². The van der Waals surface area contributed by atoms with Crippen LogP contribution in [0.25, 0.3) is 0 Å². The molecule has 1 saturated carbocycles. The Morgan fingerprint density at radius 2 is 2.09 bits per heavy atom. The van der Waals surface area contributed by atoms with Crippen LogP contribution in [-0.4, -0.2) is 67.3 Å². The van der Waals surface area contributed by atoms with Gasteiger partial charge in [-0.1, -0.05) is 0 Å². The maximum Gasteiger partial charge on any atom is 0.320 e. The van der Waals surface area contributed by atoms with Gasteiger partial charge in [-0.15, -0.1) is 0 Å². The minimum absolute atomic E-state index is 0.0922. The Bertz CT molecular complexity index is 422. The molecule has 3 aliphatic heterocycles. The molecule has 5 nitrogen and oxygen atoms in total. The molecular weight excluding hydrogens is 278 g/mol. The van der Waals surface area contributed by atoms with Crippen molar-refractivity contribution < 1.29 is 9.53 Å². The van der Waals surface area contributed by atoms with Crippen molar-refractivity contribution in [1.82, 2.24) is 15.1 Å². The van der Waals surface area contributed by atoms with Gasteiger partial charge in [0.2, 0.25) is 0 Å². The van der Waals surface area contributed by atoms with Crippen molar-refractivity contribution in [3.8, 4) is 0 Å². The Morgan fingerprint density at radius 1 is 1.27 bits per heavy atom. The van der Waals surface area contributed by atoms with E-state index < -0.39 is 0 Å². The van der Waals surface area contributed by atoms with E-state index in [0.717, 1.165) is 58.0 Å². The fourth-order valence-corrected chi connectivity index (χ4v) is 5.21. The van der Waals surface area contributed by atoms with Crippen LogP contribution >= 0.6 is 0 Å². The monoisotopic (exact) mass is 307 g/mol. The summed E-state index contributed by atoms with van der Waals surface area (Å²) in [6, 6.07) is 0.886.